The second kappa shape index (κ2) is 10.8. The summed E-state index contributed by atoms with van der Waals surface area (Å²) in [5, 5.41) is 5.95. The van der Waals surface area contributed by atoms with Crippen molar-refractivity contribution in [3.63, 3.8) is 0 Å². The molecule has 0 spiro atoms. The highest BCUT2D eigenvalue weighted by Crippen LogP contribution is 2.49. The van der Waals surface area contributed by atoms with E-state index in [9.17, 15) is 0 Å². The summed E-state index contributed by atoms with van der Waals surface area (Å²) in [7, 11) is 0. The monoisotopic (exact) mass is 644 g/mol. The van der Waals surface area contributed by atoms with Crippen molar-refractivity contribution < 1.29 is 8.83 Å². The van der Waals surface area contributed by atoms with E-state index < -0.39 is 0 Å². The van der Waals surface area contributed by atoms with Crippen LogP contribution in [-0.2, 0) is 12.8 Å². The molecule has 4 heteroatoms. The summed E-state index contributed by atoms with van der Waals surface area (Å²) in [5.41, 5.74) is 13.5. The maximum absolute atomic E-state index is 6.73. The molecule has 3 aromatic heterocycles. The van der Waals surface area contributed by atoms with E-state index in [1.807, 2.05) is 12.1 Å². The van der Waals surface area contributed by atoms with Gasteiger partial charge in [0.1, 0.15) is 22.5 Å². The van der Waals surface area contributed by atoms with Gasteiger partial charge in [0.2, 0.25) is 0 Å². The van der Waals surface area contributed by atoms with Crippen molar-refractivity contribution in [3.8, 4) is 22.5 Å². The third kappa shape index (κ3) is 4.24. The summed E-state index contributed by atoms with van der Waals surface area (Å²) >= 11 is 0. The number of fused-ring (bicyclic) bond motifs is 9. The fraction of sp³-hybridized carbons (Fsp3) is 0.130. The molecular weight excluding hydrogens is 613 g/mol. The maximum Gasteiger partial charge on any atom is 0.159 e. The Morgan fingerprint density at radius 1 is 0.580 bits per heavy atom. The molecule has 8 aromatic rings. The molecule has 0 saturated carbocycles. The number of allylic oxidation sites excluding steroid dienone is 5. The van der Waals surface area contributed by atoms with Gasteiger partial charge in [-0.15, -0.1) is 0 Å². The van der Waals surface area contributed by atoms with Gasteiger partial charge in [-0.2, -0.15) is 0 Å². The van der Waals surface area contributed by atoms with E-state index in [0.29, 0.717) is 0 Å². The van der Waals surface area contributed by atoms with Gasteiger partial charge in [-0.05, 0) is 102 Å². The van der Waals surface area contributed by atoms with Crippen molar-refractivity contribution in [1.82, 2.24) is 9.97 Å². The van der Waals surface area contributed by atoms with Gasteiger partial charge >= 0.3 is 0 Å². The predicted molar refractivity (Wildman–Crippen MR) is 203 cm³/mol. The van der Waals surface area contributed by atoms with E-state index >= 15 is 0 Å². The molecule has 0 saturated heterocycles. The Bertz CT molecular complexity index is 2810. The fourth-order valence-corrected chi connectivity index (χ4v) is 8.54. The van der Waals surface area contributed by atoms with E-state index in [1.54, 1.807) is 0 Å². The van der Waals surface area contributed by atoms with Gasteiger partial charge in [0.15, 0.2) is 5.82 Å². The third-order valence-corrected chi connectivity index (χ3v) is 11.0. The number of nitrogens with zero attached hydrogens (tertiary/aromatic N) is 2. The number of para-hydroxylation sites is 1. The van der Waals surface area contributed by atoms with E-state index in [4.69, 9.17) is 18.8 Å². The number of aryl methyl sites for hydroxylation is 1. The minimum Gasteiger partial charge on any atom is -0.456 e. The Morgan fingerprint density at radius 2 is 1.36 bits per heavy atom. The lowest BCUT2D eigenvalue weighted by atomic mass is 9.74. The summed E-state index contributed by atoms with van der Waals surface area (Å²) in [4.78, 5) is 10.7. The van der Waals surface area contributed by atoms with Crippen LogP contribution in [0.3, 0.4) is 0 Å². The lowest BCUT2D eigenvalue weighted by molar-refractivity contribution is 0.576. The van der Waals surface area contributed by atoms with Gasteiger partial charge in [0, 0.05) is 38.8 Å². The van der Waals surface area contributed by atoms with Crippen molar-refractivity contribution in [2.45, 2.75) is 38.0 Å². The predicted octanol–water partition coefficient (Wildman–Crippen LogP) is 12.0. The highest BCUT2D eigenvalue weighted by molar-refractivity contribution is 6.05. The van der Waals surface area contributed by atoms with Crippen molar-refractivity contribution in [1.29, 1.82) is 0 Å². The van der Waals surface area contributed by atoms with E-state index in [0.717, 1.165) is 88.2 Å². The Labute approximate surface area is 289 Å². The highest BCUT2D eigenvalue weighted by atomic mass is 16.3. The SMILES string of the molecule is C1=CC2=C(CC1)c1oc3ccc(-c4ccc5ccccc5c4)cc3c1CC2c1nc(-c2ccc3c(c2)oc2ccccc23)nc2c1C=CCC2. The Balaban J connectivity index is 1.07. The molecule has 4 nitrogen and oxygen atoms in total. The zero-order chi connectivity index (χ0) is 32.8. The lowest BCUT2D eigenvalue weighted by Gasteiger charge is -2.30. The van der Waals surface area contributed by atoms with Crippen LogP contribution in [-0.4, -0.2) is 9.97 Å². The maximum atomic E-state index is 6.73. The van der Waals surface area contributed by atoms with Gasteiger partial charge in [0.25, 0.3) is 0 Å². The molecule has 5 aromatic carbocycles. The molecule has 238 valence electrons. The second-order valence-corrected chi connectivity index (χ2v) is 13.9. The van der Waals surface area contributed by atoms with Crippen LogP contribution < -0.4 is 0 Å². The first-order valence-corrected chi connectivity index (χ1v) is 17.7. The highest BCUT2D eigenvalue weighted by Gasteiger charge is 2.35. The lowest BCUT2D eigenvalue weighted by Crippen LogP contribution is -2.19. The molecule has 0 aliphatic heterocycles. The van der Waals surface area contributed by atoms with Crippen LogP contribution in [0.4, 0.5) is 0 Å². The summed E-state index contributed by atoms with van der Waals surface area (Å²) in [6.45, 7) is 0. The molecule has 0 amide bonds. The minimum absolute atomic E-state index is 0.0901. The first-order valence-electron chi connectivity index (χ1n) is 17.7. The number of furan rings is 2. The van der Waals surface area contributed by atoms with E-state index in [-0.39, 0.29) is 5.92 Å². The summed E-state index contributed by atoms with van der Waals surface area (Å²) < 4.78 is 13.0. The zero-order valence-electron chi connectivity index (χ0n) is 27.4. The molecule has 50 heavy (non-hydrogen) atoms. The molecule has 0 N–H and O–H groups in total. The molecule has 3 heterocycles. The molecule has 1 unspecified atom stereocenters. The van der Waals surface area contributed by atoms with Crippen LogP contribution in [0.2, 0.25) is 0 Å². The van der Waals surface area contributed by atoms with E-state index in [2.05, 4.69) is 115 Å². The Hall–Kier alpha value is -6.00. The number of hydrogen-bond donors (Lipinski definition) is 0. The average molecular weight is 645 g/mol. The second-order valence-electron chi connectivity index (χ2n) is 13.9. The van der Waals surface area contributed by atoms with Gasteiger partial charge in [-0.25, -0.2) is 9.97 Å². The van der Waals surface area contributed by atoms with Crippen LogP contribution in [0.25, 0.3) is 77.8 Å². The molecule has 1 atom stereocenters. The largest absolute Gasteiger partial charge is 0.456 e. The Morgan fingerprint density at radius 3 is 2.34 bits per heavy atom. The van der Waals surface area contributed by atoms with Crippen LogP contribution in [0, 0.1) is 0 Å². The van der Waals surface area contributed by atoms with E-state index in [1.165, 1.54) is 49.6 Å². The number of benzene rings is 5. The topological polar surface area (TPSA) is 52.1 Å². The normalized spacial score (nSPS) is 16.8. The van der Waals surface area contributed by atoms with Crippen LogP contribution >= 0.6 is 0 Å². The molecule has 11 rings (SSSR count). The molecule has 3 aliphatic carbocycles. The number of hydrogen-bond acceptors (Lipinski definition) is 4. The average Bonchev–Trinajstić information content (AvgIpc) is 3.74. The Kier molecular flexibility index (Phi) is 6.00. The number of rotatable bonds is 3. The zero-order valence-corrected chi connectivity index (χ0v) is 27.4. The van der Waals surface area contributed by atoms with Crippen LogP contribution in [0.15, 0.2) is 136 Å². The van der Waals surface area contributed by atoms with Crippen molar-refractivity contribution >= 4 is 55.3 Å². The molecule has 0 fully saturated rings. The summed E-state index contributed by atoms with van der Waals surface area (Å²) in [5.74, 6) is 1.91. The molecule has 0 radical (unpaired) electrons. The number of aromatic nitrogens is 2. The minimum atomic E-state index is 0.0901. The van der Waals surface area contributed by atoms with Crippen molar-refractivity contribution in [2.24, 2.45) is 0 Å². The van der Waals surface area contributed by atoms with Gasteiger partial charge in [-0.3, -0.25) is 0 Å². The summed E-state index contributed by atoms with van der Waals surface area (Å²) in [6.07, 6.45) is 13.9. The quantitative estimate of drug-likeness (QED) is 0.192. The smallest absolute Gasteiger partial charge is 0.159 e. The van der Waals surface area contributed by atoms with Crippen molar-refractivity contribution in [3.05, 3.63) is 155 Å². The molecule has 0 bridgehead atoms. The fourth-order valence-electron chi connectivity index (χ4n) is 8.54. The van der Waals surface area contributed by atoms with Crippen molar-refractivity contribution in [2.75, 3.05) is 0 Å². The van der Waals surface area contributed by atoms with Crippen LogP contribution in [0.1, 0.15) is 53.5 Å². The van der Waals surface area contributed by atoms with Gasteiger partial charge in [0.05, 0.1) is 11.4 Å². The first kappa shape index (κ1) is 27.9. The molecule has 3 aliphatic rings. The molecular formula is C46H32N2O2. The van der Waals surface area contributed by atoms with Gasteiger partial charge < -0.3 is 8.83 Å². The summed E-state index contributed by atoms with van der Waals surface area (Å²) in [6, 6.07) is 36.6. The third-order valence-electron chi connectivity index (χ3n) is 11.0. The standard InChI is InChI=1S/C46H32N2O2/c1-2-10-28-23-29(18-17-27(28)9-1)30-20-22-42-37(24-30)39-26-38(32-11-3-4-13-35(32)45(39)50-42)44-36-14-5-7-15-40(36)47-46(48-44)31-19-21-34-33-12-6-8-16-41(33)49-43(34)25-31/h1-3,5-6,8-12,14,16-25,38H,4,7,13,15,26H2. The first-order chi connectivity index (χ1) is 24.7. The van der Waals surface area contributed by atoms with Gasteiger partial charge in [-0.1, -0.05) is 91.0 Å². The van der Waals surface area contributed by atoms with Crippen LogP contribution in [0.5, 0.6) is 0 Å².